The van der Waals surface area contributed by atoms with Crippen LogP contribution in [0, 0.1) is 0 Å². The summed E-state index contributed by atoms with van der Waals surface area (Å²) in [7, 11) is 0. The molecule has 7 rings (SSSR count). The highest BCUT2D eigenvalue weighted by molar-refractivity contribution is 7.32. The van der Waals surface area contributed by atoms with Crippen LogP contribution in [-0.4, -0.2) is 6.29 Å². The lowest BCUT2D eigenvalue weighted by atomic mass is 9.82. The lowest BCUT2D eigenvalue weighted by molar-refractivity contribution is 0.112. The maximum absolute atomic E-state index is 11.2. The van der Waals surface area contributed by atoms with Crippen molar-refractivity contribution in [1.29, 1.82) is 0 Å². The monoisotopic (exact) mass is 533 g/mol. The minimum Gasteiger partial charge on any atom is -0.310 e. The van der Waals surface area contributed by atoms with Crippen molar-refractivity contribution in [2.24, 2.45) is 0 Å². The third-order valence-electron chi connectivity index (χ3n) is 7.18. The fraction of sp³-hybridized carbons (Fsp3) is 0.0938. The highest BCUT2D eigenvalue weighted by Gasteiger charge is 2.40. The summed E-state index contributed by atoms with van der Waals surface area (Å²) in [5, 5.41) is 0. The zero-order chi connectivity index (χ0) is 25.1. The Morgan fingerprint density at radius 3 is 2.05 bits per heavy atom. The molecule has 6 aromatic rings. The molecule has 0 radical (unpaired) electrons. The van der Waals surface area contributed by atoms with E-state index in [1.807, 2.05) is 28.7 Å². The molecule has 3 aromatic heterocycles. The fourth-order valence-corrected chi connectivity index (χ4v) is 9.33. The zero-order valence-electron chi connectivity index (χ0n) is 20.4. The summed E-state index contributed by atoms with van der Waals surface area (Å²) in [6, 6.07) is 34.4. The number of carbonyl (C=O) groups is 1. The van der Waals surface area contributed by atoms with Gasteiger partial charge in [-0.25, -0.2) is 0 Å². The number of hydrogen-bond acceptors (Lipinski definition) is 5. The molecule has 0 spiro atoms. The molecule has 1 aliphatic carbocycles. The van der Waals surface area contributed by atoms with Gasteiger partial charge in [-0.2, -0.15) is 0 Å². The molecule has 0 bridgehead atoms. The molecule has 3 heterocycles. The average Bonchev–Trinajstić information content (AvgIpc) is 3.67. The van der Waals surface area contributed by atoms with Crippen molar-refractivity contribution in [2.75, 3.05) is 4.90 Å². The van der Waals surface area contributed by atoms with Gasteiger partial charge in [0.1, 0.15) is 0 Å². The Labute approximate surface area is 228 Å². The Morgan fingerprint density at radius 1 is 0.703 bits per heavy atom. The number of thiophene rings is 3. The van der Waals surface area contributed by atoms with Gasteiger partial charge < -0.3 is 4.90 Å². The minimum atomic E-state index is -0.108. The SMILES string of the molecule is CC1(C)c2cc(N(c3ccccc3)c3ccccc3)ccc2-c2sc3cc(-c4ccc(C=O)s4)sc3c21. The number of aldehydes is 1. The minimum absolute atomic E-state index is 0.108. The summed E-state index contributed by atoms with van der Waals surface area (Å²) >= 11 is 5.32. The third-order valence-corrected chi connectivity index (χ3v) is 10.8. The van der Waals surface area contributed by atoms with Crippen molar-refractivity contribution < 1.29 is 4.79 Å². The number of fused-ring (bicyclic) bond motifs is 5. The summed E-state index contributed by atoms with van der Waals surface area (Å²) < 4.78 is 2.71. The van der Waals surface area contributed by atoms with Crippen LogP contribution in [0.3, 0.4) is 0 Å². The molecular weight excluding hydrogens is 511 g/mol. The molecule has 0 atom stereocenters. The standard InChI is InChI=1S/C32H23NOS3/c1-32(2)25-17-22(33(20-9-5-3-6-10-20)21-11-7-4-8-12-21)13-15-24(25)30-29(32)31-28(37-30)18-27(36-31)26-16-14-23(19-34)35-26/h3-19H,1-2H3. The molecule has 0 saturated heterocycles. The van der Waals surface area contributed by atoms with Gasteiger partial charge in [0.15, 0.2) is 6.29 Å². The summed E-state index contributed by atoms with van der Waals surface area (Å²) in [6.07, 6.45) is 0.938. The smallest absolute Gasteiger partial charge is 0.160 e. The molecule has 1 aliphatic rings. The molecule has 5 heteroatoms. The first-order valence-electron chi connectivity index (χ1n) is 12.2. The quantitative estimate of drug-likeness (QED) is 0.205. The van der Waals surface area contributed by atoms with Crippen molar-refractivity contribution in [1.82, 2.24) is 0 Å². The lowest BCUT2D eigenvalue weighted by Crippen LogP contribution is -2.16. The number of hydrogen-bond donors (Lipinski definition) is 0. The van der Waals surface area contributed by atoms with Crippen molar-refractivity contribution in [3.8, 4) is 20.2 Å². The second-order valence-electron chi connectivity index (χ2n) is 9.79. The first kappa shape index (κ1) is 22.7. The number of anilines is 3. The second kappa shape index (κ2) is 8.52. The Bertz CT molecular complexity index is 1730. The Balaban J connectivity index is 1.35. The number of para-hydroxylation sites is 2. The second-order valence-corrected chi connectivity index (χ2v) is 13.0. The molecule has 0 aliphatic heterocycles. The molecule has 0 unspecified atom stereocenters. The number of rotatable bonds is 5. The Hall–Kier alpha value is -3.51. The van der Waals surface area contributed by atoms with E-state index < -0.39 is 0 Å². The van der Waals surface area contributed by atoms with Crippen LogP contribution in [0.5, 0.6) is 0 Å². The molecule has 0 fully saturated rings. The van der Waals surface area contributed by atoms with Crippen LogP contribution in [0.1, 0.15) is 34.6 Å². The summed E-state index contributed by atoms with van der Waals surface area (Å²) in [5.41, 5.74) is 7.52. The normalized spacial score (nSPS) is 13.5. The van der Waals surface area contributed by atoms with Crippen LogP contribution in [0.25, 0.3) is 29.6 Å². The van der Waals surface area contributed by atoms with Gasteiger partial charge in [-0.05, 0) is 71.3 Å². The lowest BCUT2D eigenvalue weighted by Gasteiger charge is -2.28. The number of nitrogens with zero attached hydrogens (tertiary/aromatic N) is 1. The number of benzene rings is 3. The molecular formula is C32H23NOS3. The molecule has 180 valence electrons. The van der Waals surface area contributed by atoms with Gasteiger partial charge >= 0.3 is 0 Å². The maximum atomic E-state index is 11.2. The average molecular weight is 534 g/mol. The van der Waals surface area contributed by atoms with E-state index >= 15 is 0 Å². The topological polar surface area (TPSA) is 20.3 Å². The third kappa shape index (κ3) is 3.53. The molecule has 3 aromatic carbocycles. The van der Waals surface area contributed by atoms with Gasteiger partial charge in [-0.1, -0.05) is 56.3 Å². The first-order chi connectivity index (χ1) is 18.0. The van der Waals surface area contributed by atoms with Crippen LogP contribution in [0.2, 0.25) is 0 Å². The predicted octanol–water partition coefficient (Wildman–Crippen LogP) is 10.3. The van der Waals surface area contributed by atoms with Crippen molar-refractivity contribution >= 4 is 66.8 Å². The summed E-state index contributed by atoms with van der Waals surface area (Å²) in [5.74, 6) is 0. The molecule has 37 heavy (non-hydrogen) atoms. The summed E-state index contributed by atoms with van der Waals surface area (Å²) in [4.78, 5) is 18.1. The highest BCUT2D eigenvalue weighted by Crippen LogP contribution is 2.58. The van der Waals surface area contributed by atoms with E-state index in [1.165, 1.54) is 46.4 Å². The van der Waals surface area contributed by atoms with E-state index in [0.29, 0.717) is 0 Å². The van der Waals surface area contributed by atoms with E-state index in [2.05, 4.69) is 110 Å². The van der Waals surface area contributed by atoms with Crippen LogP contribution in [0.4, 0.5) is 17.1 Å². The molecule has 0 N–H and O–H groups in total. The van der Waals surface area contributed by atoms with Gasteiger partial charge in [0.05, 0.1) is 9.58 Å². The highest BCUT2D eigenvalue weighted by atomic mass is 32.1. The Morgan fingerprint density at radius 2 is 1.41 bits per heavy atom. The Kier molecular flexibility index (Phi) is 5.22. The zero-order valence-corrected chi connectivity index (χ0v) is 22.8. The summed E-state index contributed by atoms with van der Waals surface area (Å²) in [6.45, 7) is 4.72. The van der Waals surface area contributed by atoms with Crippen molar-refractivity contribution in [2.45, 2.75) is 19.3 Å². The van der Waals surface area contributed by atoms with Crippen LogP contribution >= 0.6 is 34.0 Å². The van der Waals surface area contributed by atoms with E-state index in [-0.39, 0.29) is 5.41 Å². The van der Waals surface area contributed by atoms with Crippen LogP contribution < -0.4 is 4.90 Å². The van der Waals surface area contributed by atoms with Crippen molar-refractivity contribution in [3.05, 3.63) is 113 Å². The van der Waals surface area contributed by atoms with Gasteiger partial charge in [-0.15, -0.1) is 34.0 Å². The maximum Gasteiger partial charge on any atom is 0.160 e. The molecule has 0 amide bonds. The van der Waals surface area contributed by atoms with Gasteiger partial charge in [-0.3, -0.25) is 4.79 Å². The van der Waals surface area contributed by atoms with E-state index in [0.717, 1.165) is 22.5 Å². The van der Waals surface area contributed by atoms with E-state index in [9.17, 15) is 4.79 Å². The van der Waals surface area contributed by atoms with Gasteiger partial charge in [0.2, 0.25) is 0 Å². The van der Waals surface area contributed by atoms with Gasteiger partial charge in [0.25, 0.3) is 0 Å². The van der Waals surface area contributed by atoms with E-state index in [4.69, 9.17) is 0 Å². The van der Waals surface area contributed by atoms with Gasteiger partial charge in [0, 0.05) is 41.8 Å². The number of carbonyl (C=O) groups excluding carboxylic acids is 1. The van der Waals surface area contributed by atoms with Crippen LogP contribution in [-0.2, 0) is 5.41 Å². The van der Waals surface area contributed by atoms with E-state index in [1.54, 1.807) is 11.3 Å². The first-order valence-corrected chi connectivity index (χ1v) is 14.7. The van der Waals surface area contributed by atoms with Crippen LogP contribution in [0.15, 0.2) is 97.1 Å². The van der Waals surface area contributed by atoms with Crippen molar-refractivity contribution in [3.63, 3.8) is 0 Å². The fourth-order valence-electron chi connectivity index (χ4n) is 5.44. The molecule has 2 nitrogen and oxygen atoms in total. The largest absolute Gasteiger partial charge is 0.310 e. The predicted molar refractivity (Wildman–Crippen MR) is 161 cm³/mol. The molecule has 0 saturated carbocycles.